The summed E-state index contributed by atoms with van der Waals surface area (Å²) in [6.45, 7) is 3.95. The molecule has 7 heteroatoms. The maximum atomic E-state index is 13.8. The minimum Gasteiger partial charge on any atom is -0.386 e. The van der Waals surface area contributed by atoms with Gasteiger partial charge in [0.05, 0.1) is 19.2 Å². The quantitative estimate of drug-likeness (QED) is 0.405. The van der Waals surface area contributed by atoms with Crippen LogP contribution in [0.3, 0.4) is 0 Å². The normalized spacial score (nSPS) is 12.6. The molecule has 3 aromatic rings. The topological polar surface area (TPSA) is 74.5 Å². The molecule has 0 aliphatic rings. The average Bonchev–Trinajstić information content (AvgIpc) is 3.24. The van der Waals surface area contributed by atoms with Crippen molar-refractivity contribution in [3.63, 3.8) is 0 Å². The Hall–Kier alpha value is -3.19. The van der Waals surface area contributed by atoms with Crippen molar-refractivity contribution in [2.24, 2.45) is 4.99 Å². The maximum absolute atomic E-state index is 13.8. The third kappa shape index (κ3) is 5.89. The summed E-state index contributed by atoms with van der Waals surface area (Å²) in [5, 5.41) is 20.8. The van der Waals surface area contributed by atoms with Gasteiger partial charge in [-0.2, -0.15) is 5.10 Å². The van der Waals surface area contributed by atoms with E-state index in [0.717, 1.165) is 11.1 Å². The molecule has 1 atom stereocenters. The lowest BCUT2D eigenvalue weighted by Crippen LogP contribution is -2.39. The summed E-state index contributed by atoms with van der Waals surface area (Å²) in [7, 11) is 0. The van der Waals surface area contributed by atoms with Gasteiger partial charge < -0.3 is 15.7 Å². The number of aliphatic imine (C=N–C) groups is 1. The largest absolute Gasteiger partial charge is 0.386 e. The van der Waals surface area contributed by atoms with Gasteiger partial charge in [-0.05, 0) is 30.2 Å². The predicted molar refractivity (Wildman–Crippen MR) is 112 cm³/mol. The zero-order valence-electron chi connectivity index (χ0n) is 16.4. The molecule has 1 heterocycles. The lowest BCUT2D eigenvalue weighted by molar-refractivity contribution is 0.176. The fourth-order valence-electron chi connectivity index (χ4n) is 2.99. The molecule has 0 spiro atoms. The molecule has 0 saturated carbocycles. The molecule has 3 rings (SSSR count). The van der Waals surface area contributed by atoms with Crippen molar-refractivity contribution >= 4 is 5.96 Å². The zero-order valence-corrected chi connectivity index (χ0v) is 16.4. The molecule has 1 aromatic heterocycles. The van der Waals surface area contributed by atoms with E-state index < -0.39 is 11.9 Å². The Morgan fingerprint density at radius 3 is 2.59 bits per heavy atom. The Balaban J connectivity index is 1.66. The van der Waals surface area contributed by atoms with Crippen LogP contribution in [0.4, 0.5) is 4.39 Å². The highest BCUT2D eigenvalue weighted by Gasteiger charge is 2.12. The summed E-state index contributed by atoms with van der Waals surface area (Å²) in [5.74, 6) is 0.146. The van der Waals surface area contributed by atoms with E-state index in [1.54, 1.807) is 24.4 Å². The molecule has 0 saturated heterocycles. The number of aliphatic hydroxyl groups excluding tert-OH is 1. The number of aromatic nitrogens is 2. The molecule has 0 aliphatic heterocycles. The van der Waals surface area contributed by atoms with Crippen LogP contribution in [0.5, 0.6) is 0 Å². The van der Waals surface area contributed by atoms with E-state index in [4.69, 9.17) is 0 Å². The minimum absolute atomic E-state index is 0.154. The van der Waals surface area contributed by atoms with Crippen LogP contribution < -0.4 is 10.6 Å². The summed E-state index contributed by atoms with van der Waals surface area (Å²) in [4.78, 5) is 4.62. The van der Waals surface area contributed by atoms with Crippen LogP contribution in [-0.4, -0.2) is 33.9 Å². The van der Waals surface area contributed by atoms with Crippen LogP contribution in [-0.2, 0) is 13.1 Å². The fourth-order valence-corrected chi connectivity index (χ4v) is 2.99. The zero-order chi connectivity index (χ0) is 20.5. The molecule has 0 radical (unpaired) electrons. The number of hydrogen-bond acceptors (Lipinski definition) is 3. The Labute approximate surface area is 170 Å². The van der Waals surface area contributed by atoms with Gasteiger partial charge in [0.2, 0.25) is 0 Å². The van der Waals surface area contributed by atoms with Gasteiger partial charge in [-0.1, -0.05) is 42.5 Å². The second kappa shape index (κ2) is 10.4. The van der Waals surface area contributed by atoms with E-state index in [2.05, 4.69) is 26.8 Å². The number of rotatable bonds is 8. The van der Waals surface area contributed by atoms with Gasteiger partial charge in [-0.25, -0.2) is 9.38 Å². The van der Waals surface area contributed by atoms with Gasteiger partial charge in [-0.3, -0.25) is 4.68 Å². The molecule has 0 bridgehead atoms. The highest BCUT2D eigenvalue weighted by Crippen LogP contribution is 2.16. The van der Waals surface area contributed by atoms with E-state index in [-0.39, 0.29) is 12.1 Å². The minimum atomic E-state index is -0.966. The van der Waals surface area contributed by atoms with E-state index in [1.807, 2.05) is 42.1 Å². The van der Waals surface area contributed by atoms with E-state index >= 15 is 0 Å². The average molecular weight is 395 g/mol. The number of nitrogens with one attached hydrogen (secondary N) is 2. The van der Waals surface area contributed by atoms with E-state index in [1.165, 1.54) is 6.07 Å². The van der Waals surface area contributed by atoms with Gasteiger partial charge in [0.1, 0.15) is 5.82 Å². The highest BCUT2D eigenvalue weighted by atomic mass is 19.1. The van der Waals surface area contributed by atoms with Crippen molar-refractivity contribution in [2.75, 3.05) is 13.1 Å². The predicted octanol–water partition coefficient (Wildman–Crippen LogP) is 2.86. The summed E-state index contributed by atoms with van der Waals surface area (Å²) >= 11 is 0. The first-order chi connectivity index (χ1) is 14.2. The number of halogens is 1. The fraction of sp³-hybridized carbons (Fsp3) is 0.273. The number of hydrogen-bond donors (Lipinski definition) is 3. The SMILES string of the molecule is CCNC(=NCc1ccccc1Cn1cccn1)NCC(O)c1ccccc1F. The number of nitrogens with zero attached hydrogens (tertiary/aromatic N) is 3. The molecule has 0 fully saturated rings. The van der Waals surface area contributed by atoms with E-state index in [9.17, 15) is 9.50 Å². The van der Waals surface area contributed by atoms with E-state index in [0.29, 0.717) is 25.6 Å². The summed E-state index contributed by atoms with van der Waals surface area (Å²) in [5.41, 5.74) is 2.50. The van der Waals surface area contributed by atoms with Crippen molar-refractivity contribution < 1.29 is 9.50 Å². The highest BCUT2D eigenvalue weighted by molar-refractivity contribution is 5.79. The lowest BCUT2D eigenvalue weighted by atomic mass is 10.1. The third-order valence-electron chi connectivity index (χ3n) is 4.49. The molecular formula is C22H26FN5O. The van der Waals surface area contributed by atoms with Gasteiger partial charge in [0.15, 0.2) is 5.96 Å². The molecular weight excluding hydrogens is 369 g/mol. The number of benzene rings is 2. The first kappa shape index (κ1) is 20.5. The summed E-state index contributed by atoms with van der Waals surface area (Å²) < 4.78 is 15.7. The van der Waals surface area contributed by atoms with Crippen LogP contribution in [0.15, 0.2) is 72.0 Å². The van der Waals surface area contributed by atoms with Gasteiger partial charge in [-0.15, -0.1) is 0 Å². The van der Waals surface area contributed by atoms with Gasteiger partial charge >= 0.3 is 0 Å². The van der Waals surface area contributed by atoms with Crippen molar-refractivity contribution in [3.05, 3.63) is 89.5 Å². The molecule has 0 amide bonds. The van der Waals surface area contributed by atoms with Crippen LogP contribution >= 0.6 is 0 Å². The molecule has 3 N–H and O–H groups in total. The van der Waals surface area contributed by atoms with Crippen molar-refractivity contribution in [3.8, 4) is 0 Å². The molecule has 29 heavy (non-hydrogen) atoms. The van der Waals surface area contributed by atoms with Crippen LogP contribution in [0.25, 0.3) is 0 Å². The Kier molecular flexibility index (Phi) is 7.35. The first-order valence-corrected chi connectivity index (χ1v) is 9.66. The molecule has 0 aliphatic carbocycles. The molecule has 2 aromatic carbocycles. The van der Waals surface area contributed by atoms with Gasteiger partial charge in [0.25, 0.3) is 0 Å². The monoisotopic (exact) mass is 395 g/mol. The summed E-state index contributed by atoms with van der Waals surface area (Å²) in [6, 6.07) is 16.2. The van der Waals surface area contributed by atoms with Crippen LogP contribution in [0.1, 0.15) is 29.7 Å². The number of guanidine groups is 1. The first-order valence-electron chi connectivity index (χ1n) is 9.66. The number of aliphatic hydroxyl groups is 1. The third-order valence-corrected chi connectivity index (χ3v) is 4.49. The second-order valence-corrected chi connectivity index (χ2v) is 6.59. The Bertz CT molecular complexity index is 926. The molecule has 1 unspecified atom stereocenters. The summed E-state index contributed by atoms with van der Waals surface area (Å²) in [6.07, 6.45) is 2.72. The smallest absolute Gasteiger partial charge is 0.191 e. The van der Waals surface area contributed by atoms with Gasteiger partial charge in [0, 0.05) is 31.0 Å². The van der Waals surface area contributed by atoms with Crippen molar-refractivity contribution in [1.29, 1.82) is 0 Å². The second-order valence-electron chi connectivity index (χ2n) is 6.59. The Morgan fingerprint density at radius 2 is 1.86 bits per heavy atom. The van der Waals surface area contributed by atoms with Crippen molar-refractivity contribution in [1.82, 2.24) is 20.4 Å². The van der Waals surface area contributed by atoms with Crippen LogP contribution in [0, 0.1) is 5.82 Å². The Morgan fingerprint density at radius 1 is 1.10 bits per heavy atom. The lowest BCUT2D eigenvalue weighted by Gasteiger charge is -2.16. The standard InChI is InChI=1S/C22H26FN5O/c1-2-24-22(26-15-21(29)19-10-5-6-11-20(19)23)25-14-17-8-3-4-9-18(17)16-28-13-7-12-27-28/h3-13,21,29H,2,14-16H2,1H3,(H2,24,25,26). The molecule has 152 valence electrons. The molecule has 6 nitrogen and oxygen atoms in total. The van der Waals surface area contributed by atoms with Crippen LogP contribution in [0.2, 0.25) is 0 Å². The maximum Gasteiger partial charge on any atom is 0.191 e. The van der Waals surface area contributed by atoms with Crippen molar-refractivity contribution in [2.45, 2.75) is 26.1 Å².